The van der Waals surface area contributed by atoms with Crippen molar-refractivity contribution in [3.05, 3.63) is 0 Å². The van der Waals surface area contributed by atoms with Gasteiger partial charge in [-0.05, 0) is 38.0 Å². The molecule has 1 saturated heterocycles. The van der Waals surface area contributed by atoms with Gasteiger partial charge in [0.2, 0.25) is 5.91 Å². The van der Waals surface area contributed by atoms with Crippen molar-refractivity contribution in [2.75, 3.05) is 6.54 Å². The molecule has 3 unspecified atom stereocenters. The Labute approximate surface area is 104 Å². The maximum atomic E-state index is 12.4. The molecule has 17 heavy (non-hydrogen) atoms. The molecule has 1 aliphatic heterocycles. The SMILES string of the molecule is CC1CCCCC1N1CCC(NC2CC2)C1=O. The van der Waals surface area contributed by atoms with Gasteiger partial charge in [0.15, 0.2) is 0 Å². The molecule has 3 aliphatic rings. The van der Waals surface area contributed by atoms with Crippen LogP contribution in [-0.4, -0.2) is 35.5 Å². The van der Waals surface area contributed by atoms with Crippen LogP contribution < -0.4 is 5.32 Å². The Balaban J connectivity index is 1.61. The summed E-state index contributed by atoms with van der Waals surface area (Å²) in [5, 5.41) is 3.50. The lowest BCUT2D eigenvalue weighted by atomic mass is 9.85. The number of likely N-dealkylation sites (tertiary alicyclic amines) is 1. The van der Waals surface area contributed by atoms with Gasteiger partial charge in [-0.3, -0.25) is 4.79 Å². The summed E-state index contributed by atoms with van der Waals surface area (Å²) >= 11 is 0. The fourth-order valence-electron chi connectivity index (χ4n) is 3.48. The zero-order valence-corrected chi connectivity index (χ0v) is 10.8. The second kappa shape index (κ2) is 4.60. The van der Waals surface area contributed by atoms with E-state index in [4.69, 9.17) is 0 Å². The van der Waals surface area contributed by atoms with Crippen LogP contribution in [0, 0.1) is 5.92 Å². The molecule has 0 spiro atoms. The highest BCUT2D eigenvalue weighted by Gasteiger charge is 2.40. The fourth-order valence-corrected chi connectivity index (χ4v) is 3.48. The lowest BCUT2D eigenvalue weighted by Gasteiger charge is -2.36. The smallest absolute Gasteiger partial charge is 0.240 e. The normalized spacial score (nSPS) is 38.8. The second-order valence-electron chi connectivity index (χ2n) is 6.14. The molecule has 3 fully saturated rings. The van der Waals surface area contributed by atoms with Gasteiger partial charge in [0, 0.05) is 18.6 Å². The number of nitrogens with zero attached hydrogens (tertiary/aromatic N) is 1. The van der Waals surface area contributed by atoms with E-state index in [0.29, 0.717) is 23.9 Å². The maximum Gasteiger partial charge on any atom is 0.240 e. The van der Waals surface area contributed by atoms with E-state index in [2.05, 4.69) is 17.1 Å². The van der Waals surface area contributed by atoms with Crippen molar-refractivity contribution in [2.24, 2.45) is 5.92 Å². The highest BCUT2D eigenvalue weighted by Crippen LogP contribution is 2.31. The zero-order valence-electron chi connectivity index (χ0n) is 10.8. The second-order valence-corrected chi connectivity index (χ2v) is 6.14. The van der Waals surface area contributed by atoms with Crippen LogP contribution in [0.5, 0.6) is 0 Å². The first kappa shape index (κ1) is 11.5. The van der Waals surface area contributed by atoms with Crippen molar-refractivity contribution >= 4 is 5.91 Å². The molecule has 2 saturated carbocycles. The summed E-state index contributed by atoms with van der Waals surface area (Å²) in [6, 6.07) is 1.31. The van der Waals surface area contributed by atoms with Crippen LogP contribution in [0.25, 0.3) is 0 Å². The molecule has 2 aliphatic carbocycles. The van der Waals surface area contributed by atoms with Crippen molar-refractivity contribution in [2.45, 2.75) is 70.0 Å². The summed E-state index contributed by atoms with van der Waals surface area (Å²) in [4.78, 5) is 14.6. The van der Waals surface area contributed by atoms with E-state index in [1.54, 1.807) is 0 Å². The van der Waals surface area contributed by atoms with E-state index >= 15 is 0 Å². The number of nitrogens with one attached hydrogen (secondary N) is 1. The number of hydrogen-bond donors (Lipinski definition) is 1. The van der Waals surface area contributed by atoms with Crippen molar-refractivity contribution in [1.82, 2.24) is 10.2 Å². The van der Waals surface area contributed by atoms with Gasteiger partial charge in [0.05, 0.1) is 6.04 Å². The molecule has 0 aromatic heterocycles. The summed E-state index contributed by atoms with van der Waals surface area (Å²) in [6.45, 7) is 3.30. The van der Waals surface area contributed by atoms with Crippen LogP contribution in [0.2, 0.25) is 0 Å². The Hall–Kier alpha value is -0.570. The molecule has 1 heterocycles. The monoisotopic (exact) mass is 236 g/mol. The predicted molar refractivity (Wildman–Crippen MR) is 67.7 cm³/mol. The summed E-state index contributed by atoms with van der Waals surface area (Å²) in [7, 11) is 0. The van der Waals surface area contributed by atoms with Gasteiger partial charge in [-0.2, -0.15) is 0 Å². The molecule has 3 nitrogen and oxygen atoms in total. The summed E-state index contributed by atoms with van der Waals surface area (Å²) in [5.41, 5.74) is 0. The minimum Gasteiger partial charge on any atom is -0.338 e. The van der Waals surface area contributed by atoms with Crippen molar-refractivity contribution in [3.63, 3.8) is 0 Å². The Morgan fingerprint density at radius 1 is 1.12 bits per heavy atom. The Bertz CT molecular complexity index is 301. The average molecular weight is 236 g/mol. The van der Waals surface area contributed by atoms with Crippen LogP contribution >= 0.6 is 0 Å². The standard InChI is InChI=1S/C14H24N2O/c1-10-4-2-3-5-13(10)16-9-8-12(14(16)17)15-11-6-7-11/h10-13,15H,2-9H2,1H3. The Morgan fingerprint density at radius 3 is 2.59 bits per heavy atom. The van der Waals surface area contributed by atoms with Gasteiger partial charge in [0.25, 0.3) is 0 Å². The third kappa shape index (κ3) is 2.35. The molecule has 3 rings (SSSR count). The van der Waals surface area contributed by atoms with Crippen LogP contribution in [-0.2, 0) is 4.79 Å². The van der Waals surface area contributed by atoms with Gasteiger partial charge in [0.1, 0.15) is 0 Å². The Kier molecular flexibility index (Phi) is 3.12. The highest BCUT2D eigenvalue weighted by atomic mass is 16.2. The molecule has 3 atom stereocenters. The molecule has 96 valence electrons. The maximum absolute atomic E-state index is 12.4. The zero-order chi connectivity index (χ0) is 11.8. The van der Waals surface area contributed by atoms with Gasteiger partial charge < -0.3 is 10.2 Å². The quantitative estimate of drug-likeness (QED) is 0.812. The minimum absolute atomic E-state index is 0.136. The first-order chi connectivity index (χ1) is 8.25. The molecular weight excluding hydrogens is 212 g/mol. The fraction of sp³-hybridized carbons (Fsp3) is 0.929. The number of amides is 1. The minimum atomic E-state index is 0.136. The lowest BCUT2D eigenvalue weighted by Crippen LogP contribution is -2.46. The Morgan fingerprint density at radius 2 is 1.88 bits per heavy atom. The first-order valence-corrected chi connectivity index (χ1v) is 7.32. The van der Waals surface area contributed by atoms with Crippen molar-refractivity contribution in [3.8, 4) is 0 Å². The van der Waals surface area contributed by atoms with E-state index in [1.165, 1.54) is 38.5 Å². The van der Waals surface area contributed by atoms with Crippen LogP contribution in [0.4, 0.5) is 0 Å². The van der Waals surface area contributed by atoms with Gasteiger partial charge in [-0.15, -0.1) is 0 Å². The molecule has 0 radical (unpaired) electrons. The third-order valence-corrected chi connectivity index (χ3v) is 4.72. The summed E-state index contributed by atoms with van der Waals surface area (Å²) in [6.07, 6.45) is 8.74. The van der Waals surface area contributed by atoms with Crippen LogP contribution in [0.15, 0.2) is 0 Å². The summed E-state index contributed by atoms with van der Waals surface area (Å²) in [5.74, 6) is 1.09. The highest BCUT2D eigenvalue weighted by molar-refractivity contribution is 5.84. The molecule has 0 bridgehead atoms. The molecule has 0 aromatic rings. The van der Waals surface area contributed by atoms with E-state index < -0.39 is 0 Å². The molecule has 3 heteroatoms. The van der Waals surface area contributed by atoms with E-state index in [1.807, 2.05) is 0 Å². The summed E-state index contributed by atoms with van der Waals surface area (Å²) < 4.78 is 0. The van der Waals surface area contributed by atoms with Crippen molar-refractivity contribution < 1.29 is 4.79 Å². The van der Waals surface area contributed by atoms with E-state index in [9.17, 15) is 4.79 Å². The predicted octanol–water partition coefficient (Wildman–Crippen LogP) is 1.92. The third-order valence-electron chi connectivity index (χ3n) is 4.72. The molecule has 0 aromatic carbocycles. The van der Waals surface area contributed by atoms with Crippen LogP contribution in [0.1, 0.15) is 51.9 Å². The van der Waals surface area contributed by atoms with Crippen molar-refractivity contribution in [1.29, 1.82) is 0 Å². The number of hydrogen-bond acceptors (Lipinski definition) is 2. The molecule has 1 N–H and O–H groups in total. The molecular formula is C14H24N2O. The largest absolute Gasteiger partial charge is 0.338 e. The average Bonchev–Trinajstić information content (AvgIpc) is 3.07. The topological polar surface area (TPSA) is 32.3 Å². The molecule has 1 amide bonds. The van der Waals surface area contributed by atoms with E-state index in [-0.39, 0.29) is 6.04 Å². The van der Waals surface area contributed by atoms with Gasteiger partial charge >= 0.3 is 0 Å². The first-order valence-electron chi connectivity index (χ1n) is 7.32. The lowest BCUT2D eigenvalue weighted by molar-refractivity contribution is -0.133. The van der Waals surface area contributed by atoms with Gasteiger partial charge in [-0.1, -0.05) is 19.8 Å². The van der Waals surface area contributed by atoms with Crippen LogP contribution in [0.3, 0.4) is 0 Å². The van der Waals surface area contributed by atoms with Gasteiger partial charge in [-0.25, -0.2) is 0 Å². The number of carbonyl (C=O) groups is 1. The van der Waals surface area contributed by atoms with E-state index in [0.717, 1.165) is 13.0 Å². The number of carbonyl (C=O) groups excluding carboxylic acids is 1. The number of rotatable bonds is 3.